The zero-order valence-corrected chi connectivity index (χ0v) is 20.0. The Morgan fingerprint density at radius 1 is 1.03 bits per heavy atom. The molecule has 4 rings (SSSR count). The number of nitrogens with one attached hydrogen (secondary N) is 3. The minimum atomic E-state index is -5.71. The van der Waals surface area contributed by atoms with E-state index in [1.165, 1.54) is 29.4 Å². The van der Waals surface area contributed by atoms with Crippen LogP contribution in [0.5, 0.6) is 0 Å². The maximum absolute atomic E-state index is 12.7. The second-order valence-corrected chi connectivity index (χ2v) is 10.3. The molecule has 10 nitrogen and oxygen atoms in total. The fourth-order valence-corrected chi connectivity index (χ4v) is 4.79. The van der Waals surface area contributed by atoms with Crippen LogP contribution in [0.3, 0.4) is 0 Å². The van der Waals surface area contributed by atoms with Crippen molar-refractivity contribution in [2.75, 3.05) is 15.4 Å². The fourth-order valence-electron chi connectivity index (χ4n) is 3.49. The molecule has 1 aliphatic rings. The molecule has 2 heterocycles. The smallest absolute Gasteiger partial charge is 0.393 e. The van der Waals surface area contributed by atoms with Crippen molar-refractivity contribution >= 4 is 67.4 Å². The molecule has 0 aliphatic heterocycles. The zero-order valence-electron chi connectivity index (χ0n) is 17.6. The van der Waals surface area contributed by atoms with Crippen LogP contribution in [0.1, 0.15) is 25.7 Å². The van der Waals surface area contributed by atoms with Crippen LogP contribution in [0.4, 0.5) is 36.3 Å². The van der Waals surface area contributed by atoms with Gasteiger partial charge in [0.25, 0.3) is 0 Å². The van der Waals surface area contributed by atoms with E-state index in [4.69, 9.17) is 23.2 Å². The molecule has 1 fully saturated rings. The summed E-state index contributed by atoms with van der Waals surface area (Å²) in [6, 6.07) is 2.47. The Labute approximate surface area is 207 Å². The number of fused-ring (bicyclic) bond motifs is 1. The molecule has 0 saturated heterocycles. The molecule has 4 N–H and O–H groups in total. The molecular weight excluding hydrogens is 534 g/mol. The van der Waals surface area contributed by atoms with Crippen LogP contribution in [0, 0.1) is 0 Å². The SMILES string of the molecule is O=S(=O)(Nc1c(Cl)cc(Nc2ncnc3cnc(N[C@H]4CC[C@H](O)CC4)nc23)cc1Cl)C(F)(F)F. The molecule has 1 aromatic carbocycles. The summed E-state index contributed by atoms with van der Waals surface area (Å²) >= 11 is 12.0. The van der Waals surface area contributed by atoms with E-state index in [1.54, 1.807) is 0 Å². The topological polar surface area (TPSA) is 142 Å². The van der Waals surface area contributed by atoms with Crippen LogP contribution in [0.15, 0.2) is 24.7 Å². The van der Waals surface area contributed by atoms with Gasteiger partial charge in [-0.1, -0.05) is 23.2 Å². The number of halogens is 5. The number of benzene rings is 1. The first-order chi connectivity index (χ1) is 16.4. The predicted octanol–water partition coefficient (Wildman–Crippen LogP) is 4.45. The zero-order chi connectivity index (χ0) is 25.4. The van der Waals surface area contributed by atoms with Gasteiger partial charge >= 0.3 is 15.5 Å². The first-order valence-electron chi connectivity index (χ1n) is 10.2. The standard InChI is InChI=1S/C19H18Cl2F3N7O3S/c20-12-5-10(6-13(21)15(12)31-35(33,34)19(22,23)24)28-17-16-14(26-8-27-17)7-25-18(30-16)29-9-1-3-11(32)4-2-9/h5-9,11,31-32H,1-4H2,(H,25,29,30)(H,26,27,28)/t9-,11-. The Bertz CT molecular complexity index is 1330. The van der Waals surface area contributed by atoms with Crippen molar-refractivity contribution in [3.05, 3.63) is 34.7 Å². The first kappa shape index (κ1) is 25.4. The maximum Gasteiger partial charge on any atom is 0.516 e. The average molecular weight is 552 g/mol. The molecule has 0 spiro atoms. The summed E-state index contributed by atoms with van der Waals surface area (Å²) < 4.78 is 62.3. The van der Waals surface area contributed by atoms with Gasteiger partial charge in [-0.25, -0.2) is 19.9 Å². The molecule has 1 saturated carbocycles. The highest BCUT2D eigenvalue weighted by atomic mass is 35.5. The van der Waals surface area contributed by atoms with Gasteiger partial charge in [0.2, 0.25) is 5.95 Å². The number of nitrogens with zero attached hydrogens (tertiary/aromatic N) is 4. The number of aliphatic hydroxyl groups excluding tert-OH is 1. The van der Waals surface area contributed by atoms with Crippen molar-refractivity contribution in [3.63, 3.8) is 0 Å². The quantitative estimate of drug-likeness (QED) is 0.349. The van der Waals surface area contributed by atoms with Crippen molar-refractivity contribution in [1.29, 1.82) is 0 Å². The highest BCUT2D eigenvalue weighted by molar-refractivity contribution is 7.93. The summed E-state index contributed by atoms with van der Waals surface area (Å²) in [5.74, 6) is 0.569. The summed E-state index contributed by atoms with van der Waals surface area (Å²) in [5.41, 5.74) is -5.19. The molecule has 0 amide bonds. The molecule has 0 radical (unpaired) electrons. The lowest BCUT2D eigenvalue weighted by Crippen LogP contribution is -2.30. The number of aromatic nitrogens is 4. The lowest BCUT2D eigenvalue weighted by atomic mass is 9.93. The third-order valence-electron chi connectivity index (χ3n) is 5.25. The summed E-state index contributed by atoms with van der Waals surface area (Å²) in [6.45, 7) is 0. The highest BCUT2D eigenvalue weighted by Gasteiger charge is 2.46. The Balaban J connectivity index is 1.59. The van der Waals surface area contributed by atoms with E-state index in [0.29, 0.717) is 29.8 Å². The molecule has 0 atom stereocenters. The van der Waals surface area contributed by atoms with Crippen LogP contribution in [0.2, 0.25) is 10.0 Å². The molecule has 2 aromatic heterocycles. The van der Waals surface area contributed by atoms with Crippen LogP contribution >= 0.6 is 23.2 Å². The number of anilines is 4. The number of hydrogen-bond donors (Lipinski definition) is 4. The van der Waals surface area contributed by atoms with Crippen LogP contribution in [0.25, 0.3) is 11.0 Å². The van der Waals surface area contributed by atoms with E-state index in [-0.39, 0.29) is 33.7 Å². The van der Waals surface area contributed by atoms with Gasteiger partial charge in [-0.2, -0.15) is 21.6 Å². The minimum Gasteiger partial charge on any atom is -0.393 e. The summed E-state index contributed by atoms with van der Waals surface area (Å²) in [5, 5.41) is 15.1. The second kappa shape index (κ2) is 9.76. The Kier molecular flexibility index (Phi) is 7.09. The summed E-state index contributed by atoms with van der Waals surface area (Å²) in [7, 11) is -5.71. The third-order valence-corrected chi connectivity index (χ3v) is 6.93. The monoisotopic (exact) mass is 551 g/mol. The van der Waals surface area contributed by atoms with Gasteiger partial charge < -0.3 is 15.7 Å². The van der Waals surface area contributed by atoms with Gasteiger partial charge in [-0.3, -0.25) is 4.72 Å². The van der Waals surface area contributed by atoms with Gasteiger partial charge in [0.05, 0.1) is 28.0 Å². The highest BCUT2D eigenvalue weighted by Crippen LogP contribution is 2.38. The number of aliphatic hydroxyl groups is 1. The van der Waals surface area contributed by atoms with Gasteiger partial charge in [0.15, 0.2) is 5.82 Å². The molecule has 35 heavy (non-hydrogen) atoms. The van der Waals surface area contributed by atoms with Crippen LogP contribution < -0.4 is 15.4 Å². The number of hydrogen-bond acceptors (Lipinski definition) is 9. The Morgan fingerprint density at radius 3 is 2.31 bits per heavy atom. The second-order valence-electron chi connectivity index (χ2n) is 7.79. The van der Waals surface area contributed by atoms with Crippen molar-refractivity contribution in [1.82, 2.24) is 19.9 Å². The number of sulfonamides is 1. The Morgan fingerprint density at radius 2 is 1.69 bits per heavy atom. The Hall–Kier alpha value is -2.68. The van der Waals surface area contributed by atoms with Crippen molar-refractivity contribution in [2.24, 2.45) is 0 Å². The first-order valence-corrected chi connectivity index (χ1v) is 12.4. The van der Waals surface area contributed by atoms with Gasteiger partial charge in [0, 0.05) is 11.7 Å². The largest absolute Gasteiger partial charge is 0.516 e. The van der Waals surface area contributed by atoms with Crippen LogP contribution in [-0.2, 0) is 10.0 Å². The number of rotatable bonds is 6. The van der Waals surface area contributed by atoms with Crippen molar-refractivity contribution < 1.29 is 26.7 Å². The van der Waals surface area contributed by atoms with Crippen molar-refractivity contribution in [3.8, 4) is 0 Å². The van der Waals surface area contributed by atoms with Gasteiger partial charge in [-0.05, 0) is 37.8 Å². The van der Waals surface area contributed by atoms with Crippen molar-refractivity contribution in [2.45, 2.75) is 43.3 Å². The molecule has 188 valence electrons. The summed E-state index contributed by atoms with van der Waals surface area (Å²) in [4.78, 5) is 17.0. The van der Waals surface area contributed by atoms with E-state index in [9.17, 15) is 26.7 Å². The third kappa shape index (κ3) is 5.77. The predicted molar refractivity (Wildman–Crippen MR) is 125 cm³/mol. The van der Waals surface area contributed by atoms with E-state index < -0.39 is 21.2 Å². The van der Waals surface area contributed by atoms with Gasteiger partial charge in [0.1, 0.15) is 17.4 Å². The fraction of sp³-hybridized carbons (Fsp3) is 0.368. The van der Waals surface area contributed by atoms with Gasteiger partial charge in [-0.15, -0.1) is 0 Å². The van der Waals surface area contributed by atoms with E-state index in [1.807, 2.05) is 0 Å². The minimum absolute atomic E-state index is 0.0996. The van der Waals surface area contributed by atoms with E-state index in [0.717, 1.165) is 12.8 Å². The van der Waals surface area contributed by atoms with Crippen LogP contribution in [-0.4, -0.2) is 51.1 Å². The average Bonchev–Trinajstić information content (AvgIpc) is 2.77. The molecule has 0 bridgehead atoms. The lowest BCUT2D eigenvalue weighted by Gasteiger charge is -2.26. The summed E-state index contributed by atoms with van der Waals surface area (Å²) in [6.07, 6.45) is 5.35. The molecule has 0 unspecified atom stereocenters. The lowest BCUT2D eigenvalue weighted by molar-refractivity contribution is -0.0429. The maximum atomic E-state index is 12.7. The number of alkyl halides is 3. The van der Waals surface area contributed by atoms with E-state index in [2.05, 4.69) is 30.6 Å². The molecule has 16 heteroatoms. The molecule has 1 aliphatic carbocycles. The molecule has 3 aromatic rings. The normalized spacial score (nSPS) is 18.9. The van der Waals surface area contributed by atoms with E-state index >= 15 is 0 Å². The molecular formula is C19H18Cl2F3N7O3S.